The standard InChI is InChI=1S/C21H31N5O3.HI/c1-4-22-21(24-13-19-25-20(26-29-19)15(3)27-5-2)23-12-17-8-6-7-9-18(17)28-14-16-10-11-16;/h6-9,15-16H,4-5,10-14H2,1-3H3,(H2,22,23,24);1H. The van der Waals surface area contributed by atoms with Crippen molar-refractivity contribution in [2.75, 3.05) is 19.8 Å². The molecule has 1 aromatic heterocycles. The van der Waals surface area contributed by atoms with E-state index < -0.39 is 0 Å². The van der Waals surface area contributed by atoms with E-state index in [1.807, 2.05) is 39.0 Å². The van der Waals surface area contributed by atoms with Gasteiger partial charge >= 0.3 is 0 Å². The summed E-state index contributed by atoms with van der Waals surface area (Å²) in [6.45, 7) is 8.92. The highest BCUT2D eigenvalue weighted by Crippen LogP contribution is 2.30. The number of hydrogen-bond acceptors (Lipinski definition) is 6. The molecule has 0 spiro atoms. The van der Waals surface area contributed by atoms with E-state index in [4.69, 9.17) is 14.0 Å². The summed E-state index contributed by atoms with van der Waals surface area (Å²) in [5, 5.41) is 10.4. The van der Waals surface area contributed by atoms with Gasteiger partial charge < -0.3 is 24.6 Å². The molecule has 1 fully saturated rings. The highest BCUT2D eigenvalue weighted by molar-refractivity contribution is 14.0. The molecular weight excluding hydrogens is 497 g/mol. The fourth-order valence-electron chi connectivity index (χ4n) is 2.76. The molecule has 3 rings (SSSR count). The predicted octanol–water partition coefficient (Wildman–Crippen LogP) is 3.83. The van der Waals surface area contributed by atoms with E-state index in [0.29, 0.717) is 37.4 Å². The molecule has 0 aliphatic heterocycles. The summed E-state index contributed by atoms with van der Waals surface area (Å²) in [5.41, 5.74) is 1.07. The lowest BCUT2D eigenvalue weighted by atomic mass is 10.2. The Morgan fingerprint density at radius 1 is 1.27 bits per heavy atom. The Labute approximate surface area is 195 Å². The van der Waals surface area contributed by atoms with Gasteiger partial charge in [0.25, 0.3) is 0 Å². The first kappa shape index (κ1) is 24.4. The third kappa shape index (κ3) is 7.75. The normalized spacial score (nSPS) is 14.7. The second-order valence-corrected chi connectivity index (χ2v) is 7.05. The zero-order valence-corrected chi connectivity index (χ0v) is 20.2. The van der Waals surface area contributed by atoms with Gasteiger partial charge in [-0.1, -0.05) is 23.4 Å². The molecular formula is C21H32IN5O3. The largest absolute Gasteiger partial charge is 0.493 e. The van der Waals surface area contributed by atoms with Crippen LogP contribution in [0.25, 0.3) is 0 Å². The van der Waals surface area contributed by atoms with Gasteiger partial charge in [-0.25, -0.2) is 4.99 Å². The number of para-hydroxylation sites is 1. The lowest BCUT2D eigenvalue weighted by Crippen LogP contribution is -2.36. The zero-order valence-electron chi connectivity index (χ0n) is 17.9. The second kappa shape index (κ2) is 12.7. The van der Waals surface area contributed by atoms with Crippen molar-refractivity contribution in [3.05, 3.63) is 41.5 Å². The molecule has 1 atom stereocenters. The molecule has 1 aliphatic carbocycles. The van der Waals surface area contributed by atoms with Gasteiger partial charge in [0.2, 0.25) is 5.89 Å². The van der Waals surface area contributed by atoms with Crippen molar-refractivity contribution in [3.63, 3.8) is 0 Å². The summed E-state index contributed by atoms with van der Waals surface area (Å²) >= 11 is 0. The third-order valence-corrected chi connectivity index (χ3v) is 4.57. The van der Waals surface area contributed by atoms with E-state index in [1.165, 1.54) is 12.8 Å². The Morgan fingerprint density at radius 3 is 2.80 bits per heavy atom. The van der Waals surface area contributed by atoms with Crippen LogP contribution in [0.15, 0.2) is 33.8 Å². The highest BCUT2D eigenvalue weighted by Gasteiger charge is 2.22. The lowest BCUT2D eigenvalue weighted by molar-refractivity contribution is 0.0683. The molecule has 1 saturated carbocycles. The first-order valence-corrected chi connectivity index (χ1v) is 10.4. The Kier molecular flexibility index (Phi) is 10.4. The fourth-order valence-corrected chi connectivity index (χ4v) is 2.76. The van der Waals surface area contributed by atoms with Crippen molar-refractivity contribution in [2.45, 2.75) is 52.8 Å². The number of rotatable bonds is 11. The quantitative estimate of drug-likeness (QED) is 0.260. The van der Waals surface area contributed by atoms with Crippen molar-refractivity contribution in [1.29, 1.82) is 0 Å². The molecule has 8 nitrogen and oxygen atoms in total. The van der Waals surface area contributed by atoms with E-state index in [2.05, 4.69) is 31.8 Å². The number of aromatic nitrogens is 2. The summed E-state index contributed by atoms with van der Waals surface area (Å²) in [4.78, 5) is 9.05. The number of nitrogens with zero attached hydrogens (tertiary/aromatic N) is 3. The molecule has 1 unspecified atom stereocenters. The van der Waals surface area contributed by atoms with Gasteiger partial charge in [0.1, 0.15) is 11.9 Å². The maximum Gasteiger partial charge on any atom is 0.246 e. The number of benzene rings is 1. The Bertz CT molecular complexity index is 794. The maximum absolute atomic E-state index is 5.97. The van der Waals surface area contributed by atoms with Crippen LogP contribution in [0.2, 0.25) is 0 Å². The molecule has 166 valence electrons. The van der Waals surface area contributed by atoms with Crippen LogP contribution in [0.3, 0.4) is 0 Å². The Balaban J connectivity index is 0.00000320. The van der Waals surface area contributed by atoms with E-state index in [0.717, 1.165) is 30.4 Å². The van der Waals surface area contributed by atoms with Crippen LogP contribution in [0, 0.1) is 5.92 Å². The first-order valence-electron chi connectivity index (χ1n) is 10.4. The number of aliphatic imine (C=N–C) groups is 1. The molecule has 1 heterocycles. The number of nitrogens with one attached hydrogen (secondary N) is 2. The van der Waals surface area contributed by atoms with Gasteiger partial charge in [-0.3, -0.25) is 0 Å². The Hall–Kier alpha value is -1.88. The minimum atomic E-state index is -0.188. The van der Waals surface area contributed by atoms with Crippen molar-refractivity contribution < 1.29 is 14.0 Å². The van der Waals surface area contributed by atoms with E-state index in [9.17, 15) is 0 Å². The van der Waals surface area contributed by atoms with Gasteiger partial charge in [0, 0.05) is 18.7 Å². The van der Waals surface area contributed by atoms with Gasteiger partial charge in [-0.05, 0) is 45.6 Å². The highest BCUT2D eigenvalue weighted by atomic mass is 127. The summed E-state index contributed by atoms with van der Waals surface area (Å²) in [5.74, 6) is 3.35. The fraction of sp³-hybridized carbons (Fsp3) is 0.571. The first-order chi connectivity index (χ1) is 14.2. The van der Waals surface area contributed by atoms with Crippen molar-refractivity contribution in [3.8, 4) is 5.75 Å². The molecule has 2 N–H and O–H groups in total. The molecule has 0 amide bonds. The zero-order chi connectivity index (χ0) is 20.5. The molecule has 1 aliphatic rings. The van der Waals surface area contributed by atoms with Crippen molar-refractivity contribution >= 4 is 29.9 Å². The predicted molar refractivity (Wildman–Crippen MR) is 126 cm³/mol. The molecule has 30 heavy (non-hydrogen) atoms. The average Bonchev–Trinajstić information content (AvgIpc) is 3.44. The Morgan fingerprint density at radius 2 is 2.07 bits per heavy atom. The van der Waals surface area contributed by atoms with Crippen molar-refractivity contribution in [1.82, 2.24) is 20.8 Å². The van der Waals surface area contributed by atoms with Crippen molar-refractivity contribution in [2.24, 2.45) is 10.9 Å². The second-order valence-electron chi connectivity index (χ2n) is 7.05. The smallest absolute Gasteiger partial charge is 0.246 e. The van der Waals surface area contributed by atoms with Crippen LogP contribution in [-0.2, 0) is 17.8 Å². The monoisotopic (exact) mass is 529 g/mol. The van der Waals surface area contributed by atoms with Crippen LogP contribution in [-0.4, -0.2) is 35.9 Å². The third-order valence-electron chi connectivity index (χ3n) is 4.57. The molecule has 9 heteroatoms. The van der Waals surface area contributed by atoms with Crippen LogP contribution in [0.4, 0.5) is 0 Å². The minimum Gasteiger partial charge on any atom is -0.493 e. The topological polar surface area (TPSA) is 93.8 Å². The lowest BCUT2D eigenvalue weighted by Gasteiger charge is -2.12. The van der Waals surface area contributed by atoms with E-state index >= 15 is 0 Å². The van der Waals surface area contributed by atoms with Gasteiger partial charge in [0.15, 0.2) is 11.8 Å². The van der Waals surface area contributed by atoms with Crippen LogP contribution < -0.4 is 15.4 Å². The number of halogens is 1. The minimum absolute atomic E-state index is 0. The summed E-state index contributed by atoms with van der Waals surface area (Å²) in [6, 6.07) is 8.06. The summed E-state index contributed by atoms with van der Waals surface area (Å²) in [6.07, 6.45) is 2.36. The van der Waals surface area contributed by atoms with Gasteiger partial charge in [0.05, 0.1) is 19.7 Å². The molecule has 0 bridgehead atoms. The molecule has 0 radical (unpaired) electrons. The number of ether oxygens (including phenoxy) is 2. The number of hydrogen-bond donors (Lipinski definition) is 2. The molecule has 1 aromatic carbocycles. The number of guanidine groups is 1. The molecule has 2 aromatic rings. The van der Waals surface area contributed by atoms with Gasteiger partial charge in [-0.15, -0.1) is 24.0 Å². The van der Waals surface area contributed by atoms with Crippen LogP contribution >= 0.6 is 24.0 Å². The van der Waals surface area contributed by atoms with Crippen LogP contribution in [0.1, 0.15) is 57.0 Å². The van der Waals surface area contributed by atoms with E-state index in [-0.39, 0.29) is 30.1 Å². The van der Waals surface area contributed by atoms with E-state index in [1.54, 1.807) is 0 Å². The van der Waals surface area contributed by atoms with Crippen LogP contribution in [0.5, 0.6) is 5.75 Å². The SMILES string of the molecule is CCNC(=NCc1ccccc1OCC1CC1)NCc1nc(C(C)OCC)no1.I. The molecule has 0 saturated heterocycles. The average molecular weight is 529 g/mol. The van der Waals surface area contributed by atoms with Gasteiger partial charge in [-0.2, -0.15) is 4.98 Å². The summed E-state index contributed by atoms with van der Waals surface area (Å²) in [7, 11) is 0. The summed E-state index contributed by atoms with van der Waals surface area (Å²) < 4.78 is 16.8. The maximum atomic E-state index is 5.97.